The minimum atomic E-state index is -0.0649. The quantitative estimate of drug-likeness (QED) is 0.768. The molecule has 1 amide bonds. The standard InChI is InChI=1S/C20H17N3O3/c24-19(10-14-5-6-17-18(9-14)26-13-25-17)23-12-16-4-2-8-22-20(16)15-3-1-7-21-11-15/h1-9,11H,10,12-13H2,(H,23,24). The summed E-state index contributed by atoms with van der Waals surface area (Å²) in [6.07, 6.45) is 5.50. The monoisotopic (exact) mass is 347 g/mol. The Balaban J connectivity index is 1.42. The number of hydrogen-bond acceptors (Lipinski definition) is 5. The molecular formula is C20H17N3O3. The van der Waals surface area contributed by atoms with E-state index in [1.54, 1.807) is 18.6 Å². The maximum absolute atomic E-state index is 12.3. The van der Waals surface area contributed by atoms with Gasteiger partial charge in [-0.1, -0.05) is 12.1 Å². The Morgan fingerprint density at radius 1 is 1.08 bits per heavy atom. The molecule has 26 heavy (non-hydrogen) atoms. The number of ether oxygens (including phenoxy) is 2. The van der Waals surface area contributed by atoms with E-state index in [0.29, 0.717) is 18.0 Å². The van der Waals surface area contributed by atoms with Crippen LogP contribution in [0.15, 0.2) is 61.1 Å². The van der Waals surface area contributed by atoms with Gasteiger partial charge in [-0.15, -0.1) is 0 Å². The first-order valence-corrected chi connectivity index (χ1v) is 8.29. The van der Waals surface area contributed by atoms with Crippen LogP contribution in [-0.2, 0) is 17.8 Å². The number of fused-ring (bicyclic) bond motifs is 1. The second kappa shape index (κ2) is 7.23. The maximum Gasteiger partial charge on any atom is 0.231 e. The smallest absolute Gasteiger partial charge is 0.231 e. The summed E-state index contributed by atoms with van der Waals surface area (Å²) in [6, 6.07) is 13.2. The molecule has 1 N–H and O–H groups in total. The number of amides is 1. The van der Waals surface area contributed by atoms with E-state index in [1.807, 2.05) is 42.5 Å². The van der Waals surface area contributed by atoms with Crippen LogP contribution in [0, 0.1) is 0 Å². The van der Waals surface area contributed by atoms with Crippen LogP contribution >= 0.6 is 0 Å². The van der Waals surface area contributed by atoms with Crippen molar-refractivity contribution < 1.29 is 14.3 Å². The molecule has 0 radical (unpaired) electrons. The average Bonchev–Trinajstić information content (AvgIpc) is 3.15. The van der Waals surface area contributed by atoms with Gasteiger partial charge in [0.2, 0.25) is 12.7 Å². The van der Waals surface area contributed by atoms with Crippen molar-refractivity contribution in [2.45, 2.75) is 13.0 Å². The second-order valence-corrected chi connectivity index (χ2v) is 5.89. The van der Waals surface area contributed by atoms with Crippen molar-refractivity contribution in [3.63, 3.8) is 0 Å². The Morgan fingerprint density at radius 3 is 2.85 bits per heavy atom. The van der Waals surface area contributed by atoms with Gasteiger partial charge in [-0.2, -0.15) is 0 Å². The fourth-order valence-corrected chi connectivity index (χ4v) is 2.84. The lowest BCUT2D eigenvalue weighted by molar-refractivity contribution is -0.120. The molecule has 0 saturated heterocycles. The summed E-state index contributed by atoms with van der Waals surface area (Å²) in [4.78, 5) is 20.9. The number of benzene rings is 1. The largest absolute Gasteiger partial charge is 0.454 e. The highest BCUT2D eigenvalue weighted by atomic mass is 16.7. The molecule has 0 saturated carbocycles. The van der Waals surface area contributed by atoms with E-state index in [2.05, 4.69) is 15.3 Å². The molecule has 0 bridgehead atoms. The number of aromatic nitrogens is 2. The number of carbonyl (C=O) groups excluding carboxylic acids is 1. The Kier molecular flexibility index (Phi) is 4.47. The molecule has 130 valence electrons. The first-order chi connectivity index (χ1) is 12.8. The van der Waals surface area contributed by atoms with Gasteiger partial charge < -0.3 is 14.8 Å². The van der Waals surface area contributed by atoms with Crippen LogP contribution in [0.5, 0.6) is 11.5 Å². The summed E-state index contributed by atoms with van der Waals surface area (Å²) >= 11 is 0. The third-order valence-electron chi connectivity index (χ3n) is 4.10. The molecule has 3 aromatic rings. The Labute approximate surface area is 150 Å². The van der Waals surface area contributed by atoms with Crippen molar-refractivity contribution in [2.75, 3.05) is 6.79 Å². The van der Waals surface area contributed by atoms with Crippen molar-refractivity contribution in [2.24, 2.45) is 0 Å². The molecule has 1 aromatic carbocycles. The van der Waals surface area contributed by atoms with Gasteiger partial charge in [0.15, 0.2) is 11.5 Å². The first kappa shape index (κ1) is 16.1. The lowest BCUT2D eigenvalue weighted by Gasteiger charge is -2.10. The number of nitrogens with zero attached hydrogens (tertiary/aromatic N) is 2. The number of rotatable bonds is 5. The van der Waals surface area contributed by atoms with Gasteiger partial charge in [-0.25, -0.2) is 0 Å². The van der Waals surface area contributed by atoms with Gasteiger partial charge in [0.05, 0.1) is 12.1 Å². The third-order valence-corrected chi connectivity index (χ3v) is 4.10. The van der Waals surface area contributed by atoms with Crippen LogP contribution in [0.1, 0.15) is 11.1 Å². The molecule has 0 spiro atoms. The summed E-state index contributed by atoms with van der Waals surface area (Å²) in [7, 11) is 0. The van der Waals surface area contributed by atoms with Gasteiger partial charge in [0.25, 0.3) is 0 Å². The highest BCUT2D eigenvalue weighted by molar-refractivity contribution is 5.79. The molecular weight excluding hydrogens is 330 g/mol. The SMILES string of the molecule is O=C(Cc1ccc2c(c1)OCO2)NCc1cccnc1-c1cccnc1. The molecule has 6 nitrogen and oxygen atoms in total. The molecule has 0 atom stereocenters. The van der Waals surface area contributed by atoms with E-state index < -0.39 is 0 Å². The Morgan fingerprint density at radius 2 is 1.96 bits per heavy atom. The minimum Gasteiger partial charge on any atom is -0.454 e. The Bertz CT molecular complexity index is 929. The number of nitrogens with one attached hydrogen (secondary N) is 1. The van der Waals surface area contributed by atoms with Crippen LogP contribution in [0.3, 0.4) is 0 Å². The summed E-state index contributed by atoms with van der Waals surface area (Å²) in [5.41, 5.74) is 3.57. The number of carbonyl (C=O) groups is 1. The normalized spacial score (nSPS) is 12.0. The zero-order chi connectivity index (χ0) is 17.8. The molecule has 0 unspecified atom stereocenters. The van der Waals surface area contributed by atoms with Crippen LogP contribution in [0.2, 0.25) is 0 Å². The lowest BCUT2D eigenvalue weighted by Crippen LogP contribution is -2.25. The van der Waals surface area contributed by atoms with Crippen molar-refractivity contribution in [1.82, 2.24) is 15.3 Å². The van der Waals surface area contributed by atoms with E-state index >= 15 is 0 Å². The van der Waals surface area contributed by atoms with Gasteiger partial charge in [-0.3, -0.25) is 14.8 Å². The van der Waals surface area contributed by atoms with Crippen molar-refractivity contribution in [3.05, 3.63) is 72.2 Å². The minimum absolute atomic E-state index is 0.0649. The molecule has 0 aliphatic carbocycles. The van der Waals surface area contributed by atoms with Crippen LogP contribution in [0.25, 0.3) is 11.3 Å². The second-order valence-electron chi connectivity index (χ2n) is 5.89. The molecule has 1 aliphatic heterocycles. The van der Waals surface area contributed by atoms with Crippen molar-refractivity contribution in [3.8, 4) is 22.8 Å². The summed E-state index contributed by atoms with van der Waals surface area (Å²) < 4.78 is 10.6. The summed E-state index contributed by atoms with van der Waals surface area (Å²) in [5, 5.41) is 2.95. The average molecular weight is 347 g/mol. The number of pyridine rings is 2. The molecule has 3 heterocycles. The molecule has 6 heteroatoms. The third kappa shape index (κ3) is 3.49. The fourth-order valence-electron chi connectivity index (χ4n) is 2.84. The first-order valence-electron chi connectivity index (χ1n) is 8.29. The Hall–Kier alpha value is -3.41. The predicted octanol–water partition coefficient (Wildman–Crippen LogP) is 2.73. The lowest BCUT2D eigenvalue weighted by atomic mass is 10.1. The van der Waals surface area contributed by atoms with Gasteiger partial charge >= 0.3 is 0 Å². The predicted molar refractivity (Wildman–Crippen MR) is 95.6 cm³/mol. The van der Waals surface area contributed by atoms with Crippen LogP contribution in [-0.4, -0.2) is 22.7 Å². The summed E-state index contributed by atoms with van der Waals surface area (Å²) in [5.74, 6) is 1.33. The van der Waals surface area contributed by atoms with Gasteiger partial charge in [0.1, 0.15) is 0 Å². The van der Waals surface area contributed by atoms with Gasteiger partial charge in [0, 0.05) is 30.7 Å². The van der Waals surface area contributed by atoms with Crippen LogP contribution in [0.4, 0.5) is 0 Å². The van der Waals surface area contributed by atoms with Gasteiger partial charge in [-0.05, 0) is 41.5 Å². The zero-order valence-corrected chi connectivity index (χ0v) is 14.0. The highest BCUT2D eigenvalue weighted by Crippen LogP contribution is 2.32. The van der Waals surface area contributed by atoms with E-state index in [9.17, 15) is 4.79 Å². The molecule has 0 fully saturated rings. The number of hydrogen-bond donors (Lipinski definition) is 1. The molecule has 2 aromatic heterocycles. The van der Waals surface area contributed by atoms with Crippen molar-refractivity contribution in [1.29, 1.82) is 0 Å². The van der Waals surface area contributed by atoms with E-state index in [1.165, 1.54) is 0 Å². The van der Waals surface area contributed by atoms with E-state index in [4.69, 9.17) is 9.47 Å². The topological polar surface area (TPSA) is 73.3 Å². The molecule has 4 rings (SSSR count). The van der Waals surface area contributed by atoms with Crippen molar-refractivity contribution >= 4 is 5.91 Å². The maximum atomic E-state index is 12.3. The fraction of sp³-hybridized carbons (Fsp3) is 0.150. The van der Waals surface area contributed by atoms with E-state index in [-0.39, 0.29) is 19.1 Å². The summed E-state index contributed by atoms with van der Waals surface area (Å²) in [6.45, 7) is 0.630. The highest BCUT2D eigenvalue weighted by Gasteiger charge is 2.15. The zero-order valence-electron chi connectivity index (χ0n) is 14.0. The molecule has 1 aliphatic rings. The van der Waals surface area contributed by atoms with E-state index in [0.717, 1.165) is 22.4 Å². The van der Waals surface area contributed by atoms with Crippen LogP contribution < -0.4 is 14.8 Å².